The van der Waals surface area contributed by atoms with Gasteiger partial charge in [0.05, 0.1) is 18.5 Å². The van der Waals surface area contributed by atoms with Gasteiger partial charge in [0, 0.05) is 5.39 Å². The molecule has 0 spiro atoms. The van der Waals surface area contributed by atoms with Crippen LogP contribution in [-0.2, 0) is 14.8 Å². The first kappa shape index (κ1) is 20.7. The van der Waals surface area contributed by atoms with E-state index in [9.17, 15) is 13.2 Å². The number of fused-ring (bicyclic) bond motifs is 1. The minimum atomic E-state index is -3.59. The maximum atomic E-state index is 12.3. The number of carbonyl (C=O) groups excluding carboxylic acids is 1. The summed E-state index contributed by atoms with van der Waals surface area (Å²) in [7, 11) is -3.59. The Kier molecular flexibility index (Phi) is 6.39. The quantitative estimate of drug-likeness (QED) is 0.577. The Morgan fingerprint density at radius 1 is 1.03 bits per heavy atom. The average molecular weight is 413 g/mol. The van der Waals surface area contributed by atoms with Crippen LogP contribution in [0.25, 0.3) is 10.8 Å². The summed E-state index contributed by atoms with van der Waals surface area (Å²) in [6, 6.07) is 20.8. The molecule has 7 heteroatoms. The Morgan fingerprint density at radius 3 is 2.52 bits per heavy atom. The van der Waals surface area contributed by atoms with E-state index in [-0.39, 0.29) is 19.7 Å². The van der Waals surface area contributed by atoms with Gasteiger partial charge in [0.2, 0.25) is 15.9 Å². The molecule has 0 aromatic heterocycles. The maximum Gasteiger partial charge on any atom is 0.240 e. The first-order chi connectivity index (χ1) is 13.8. The monoisotopic (exact) mass is 412 g/mol. The van der Waals surface area contributed by atoms with Gasteiger partial charge in [-0.3, -0.25) is 9.10 Å². The lowest BCUT2D eigenvalue weighted by Gasteiger charge is -2.22. The van der Waals surface area contributed by atoms with Gasteiger partial charge in [-0.05, 0) is 36.1 Å². The Balaban J connectivity index is 1.57. The average Bonchev–Trinajstić information content (AvgIpc) is 2.68. The molecule has 0 atom stereocenters. The molecule has 0 bridgehead atoms. The second-order valence-corrected chi connectivity index (χ2v) is 8.69. The molecule has 0 aliphatic heterocycles. The molecular formula is C22H24N2O4S. The summed E-state index contributed by atoms with van der Waals surface area (Å²) in [5.74, 6) is 0.355. The third-order valence-corrected chi connectivity index (χ3v) is 5.55. The Labute approximate surface area is 171 Å². The van der Waals surface area contributed by atoms with Crippen molar-refractivity contribution in [3.63, 3.8) is 0 Å². The summed E-state index contributed by atoms with van der Waals surface area (Å²) in [6.07, 6.45) is 1.09. The second-order valence-electron chi connectivity index (χ2n) is 6.78. The third kappa shape index (κ3) is 5.48. The lowest BCUT2D eigenvalue weighted by molar-refractivity contribution is -0.119. The smallest absolute Gasteiger partial charge is 0.240 e. The highest BCUT2D eigenvalue weighted by molar-refractivity contribution is 7.92. The zero-order chi connectivity index (χ0) is 20.9. The summed E-state index contributed by atoms with van der Waals surface area (Å²) < 4.78 is 31.2. The van der Waals surface area contributed by atoms with Gasteiger partial charge in [0.1, 0.15) is 18.9 Å². The molecule has 1 N–H and O–H groups in total. The normalized spacial score (nSPS) is 11.2. The van der Waals surface area contributed by atoms with Crippen LogP contribution in [0, 0.1) is 6.92 Å². The van der Waals surface area contributed by atoms with Crippen molar-refractivity contribution in [2.45, 2.75) is 6.92 Å². The number of aryl methyl sites for hydroxylation is 1. The van der Waals surface area contributed by atoms with Gasteiger partial charge >= 0.3 is 0 Å². The molecule has 29 heavy (non-hydrogen) atoms. The molecule has 0 fully saturated rings. The lowest BCUT2D eigenvalue weighted by Crippen LogP contribution is -2.41. The zero-order valence-corrected chi connectivity index (χ0v) is 17.3. The molecule has 3 aromatic rings. The third-order valence-electron chi connectivity index (χ3n) is 4.41. The molecule has 0 saturated carbocycles. The number of rotatable bonds is 8. The van der Waals surface area contributed by atoms with Crippen LogP contribution in [0.1, 0.15) is 5.56 Å². The highest BCUT2D eigenvalue weighted by Gasteiger charge is 2.20. The summed E-state index contributed by atoms with van der Waals surface area (Å²) in [4.78, 5) is 12.3. The molecule has 0 radical (unpaired) electrons. The number of ether oxygens (including phenoxy) is 1. The van der Waals surface area contributed by atoms with Gasteiger partial charge in [-0.25, -0.2) is 8.42 Å². The van der Waals surface area contributed by atoms with Crippen LogP contribution in [0.4, 0.5) is 5.69 Å². The van der Waals surface area contributed by atoms with Gasteiger partial charge < -0.3 is 10.1 Å². The van der Waals surface area contributed by atoms with Crippen molar-refractivity contribution in [3.8, 4) is 5.75 Å². The molecule has 3 rings (SSSR count). The topological polar surface area (TPSA) is 75.7 Å². The minimum absolute atomic E-state index is 0.271. The van der Waals surface area contributed by atoms with Gasteiger partial charge in [-0.1, -0.05) is 48.5 Å². The number of benzene rings is 3. The molecule has 0 heterocycles. The van der Waals surface area contributed by atoms with Crippen LogP contribution in [0.5, 0.6) is 5.75 Å². The Bertz CT molecular complexity index is 1110. The van der Waals surface area contributed by atoms with Gasteiger partial charge in [-0.15, -0.1) is 0 Å². The van der Waals surface area contributed by atoms with Crippen molar-refractivity contribution in [1.29, 1.82) is 0 Å². The molecule has 0 saturated heterocycles. The molecule has 0 aliphatic rings. The lowest BCUT2D eigenvalue weighted by atomic mass is 10.1. The number of amides is 1. The number of anilines is 1. The molecule has 3 aromatic carbocycles. The SMILES string of the molecule is Cc1cccc(N(CC(=O)NCCOc2cccc3ccccc23)S(C)(=O)=O)c1. The number of sulfonamides is 1. The van der Waals surface area contributed by atoms with Crippen molar-refractivity contribution in [2.75, 3.05) is 30.3 Å². The summed E-state index contributed by atoms with van der Waals surface area (Å²) >= 11 is 0. The molecular weight excluding hydrogens is 388 g/mol. The van der Waals surface area contributed by atoms with E-state index in [4.69, 9.17) is 4.74 Å². The number of hydrogen-bond donors (Lipinski definition) is 1. The summed E-state index contributed by atoms with van der Waals surface area (Å²) in [5.41, 5.74) is 1.38. The fourth-order valence-electron chi connectivity index (χ4n) is 3.04. The fourth-order valence-corrected chi connectivity index (χ4v) is 3.89. The fraction of sp³-hybridized carbons (Fsp3) is 0.227. The summed E-state index contributed by atoms with van der Waals surface area (Å²) in [6.45, 7) is 2.14. The number of hydrogen-bond acceptors (Lipinski definition) is 4. The Hall–Kier alpha value is -3.06. The first-order valence-corrected chi connectivity index (χ1v) is 11.1. The van der Waals surface area contributed by atoms with Crippen LogP contribution in [0.15, 0.2) is 66.7 Å². The van der Waals surface area contributed by atoms with E-state index in [0.29, 0.717) is 5.69 Å². The van der Waals surface area contributed by atoms with Crippen LogP contribution in [0.2, 0.25) is 0 Å². The predicted octanol–water partition coefficient (Wildman–Crippen LogP) is 3.11. The van der Waals surface area contributed by atoms with Gasteiger partial charge in [-0.2, -0.15) is 0 Å². The standard InChI is InChI=1S/C22H24N2O4S/c1-17-7-5-10-19(15-17)24(29(2,26)27)16-22(25)23-13-14-28-21-12-6-9-18-8-3-4-11-20(18)21/h3-12,15H,13-14,16H2,1-2H3,(H,23,25). The first-order valence-electron chi connectivity index (χ1n) is 9.26. The number of nitrogens with zero attached hydrogens (tertiary/aromatic N) is 1. The Morgan fingerprint density at radius 2 is 1.76 bits per heavy atom. The van der Waals surface area contributed by atoms with Gasteiger partial charge in [0.15, 0.2) is 0 Å². The van der Waals surface area contributed by atoms with Crippen LogP contribution in [0.3, 0.4) is 0 Å². The number of carbonyl (C=O) groups is 1. The van der Waals surface area contributed by atoms with E-state index in [1.54, 1.807) is 18.2 Å². The largest absolute Gasteiger partial charge is 0.491 e. The van der Waals surface area contributed by atoms with Crippen molar-refractivity contribution in [1.82, 2.24) is 5.32 Å². The highest BCUT2D eigenvalue weighted by atomic mass is 32.2. The van der Waals surface area contributed by atoms with E-state index < -0.39 is 15.9 Å². The van der Waals surface area contributed by atoms with Crippen molar-refractivity contribution < 1.29 is 17.9 Å². The second kappa shape index (κ2) is 8.96. The summed E-state index contributed by atoms with van der Waals surface area (Å²) in [5, 5.41) is 4.80. The van der Waals surface area contributed by atoms with Crippen molar-refractivity contribution >= 4 is 32.4 Å². The number of nitrogens with one attached hydrogen (secondary N) is 1. The van der Waals surface area contributed by atoms with Crippen LogP contribution in [-0.4, -0.2) is 40.3 Å². The van der Waals surface area contributed by atoms with E-state index in [1.165, 1.54) is 0 Å². The minimum Gasteiger partial charge on any atom is -0.491 e. The van der Waals surface area contributed by atoms with E-state index in [1.807, 2.05) is 55.5 Å². The van der Waals surface area contributed by atoms with Crippen molar-refractivity contribution in [3.05, 3.63) is 72.3 Å². The molecule has 1 amide bonds. The molecule has 6 nitrogen and oxygen atoms in total. The highest BCUT2D eigenvalue weighted by Crippen LogP contribution is 2.25. The van der Waals surface area contributed by atoms with Crippen molar-refractivity contribution in [2.24, 2.45) is 0 Å². The van der Waals surface area contributed by atoms with E-state index in [0.717, 1.165) is 32.6 Å². The van der Waals surface area contributed by atoms with Gasteiger partial charge in [0.25, 0.3) is 0 Å². The van der Waals surface area contributed by atoms with Crippen LogP contribution >= 0.6 is 0 Å². The molecule has 152 valence electrons. The predicted molar refractivity (Wildman–Crippen MR) is 116 cm³/mol. The molecule has 0 aliphatic carbocycles. The zero-order valence-electron chi connectivity index (χ0n) is 16.5. The maximum absolute atomic E-state index is 12.3. The van der Waals surface area contributed by atoms with E-state index in [2.05, 4.69) is 5.32 Å². The molecule has 0 unspecified atom stereocenters. The van der Waals surface area contributed by atoms with Crippen LogP contribution < -0.4 is 14.4 Å². The van der Waals surface area contributed by atoms with E-state index >= 15 is 0 Å².